The Morgan fingerprint density at radius 3 is 1.74 bits per heavy atom. The molecule has 0 aliphatic carbocycles. The van der Waals surface area contributed by atoms with Crippen LogP contribution in [0.1, 0.15) is 40.0 Å². The number of unbranched alkanes of at least 4 members (excludes halogenated alkanes) is 1. The van der Waals surface area contributed by atoms with Gasteiger partial charge in [0.1, 0.15) is 5.60 Å². The van der Waals surface area contributed by atoms with Gasteiger partial charge in [0.05, 0.1) is 52.7 Å². The number of hydrogen-bond donors (Lipinski definition) is 2. The van der Waals surface area contributed by atoms with Gasteiger partial charge in [0.2, 0.25) is 0 Å². The Bertz CT molecular complexity index is 384. The maximum absolute atomic E-state index is 11.4. The molecule has 0 aromatic carbocycles. The average molecular weight is 393 g/mol. The maximum Gasteiger partial charge on any atom is 0.407 e. The van der Waals surface area contributed by atoms with Crippen LogP contribution in [0.15, 0.2) is 0 Å². The first-order chi connectivity index (χ1) is 12.8. The molecule has 9 heteroatoms. The Balaban J connectivity index is 3.15. The minimum Gasteiger partial charge on any atom is -0.481 e. The highest BCUT2D eigenvalue weighted by atomic mass is 16.6. The predicted molar refractivity (Wildman–Crippen MR) is 99.0 cm³/mol. The summed E-state index contributed by atoms with van der Waals surface area (Å²) in [5, 5.41) is 11.1. The number of rotatable bonds is 17. The lowest BCUT2D eigenvalue weighted by atomic mass is 10.2. The topological polar surface area (TPSA) is 113 Å². The molecule has 0 radical (unpaired) electrons. The van der Waals surface area contributed by atoms with Crippen LogP contribution in [0, 0.1) is 0 Å². The molecule has 0 fully saturated rings. The number of alkyl carbamates (subject to hydrolysis) is 1. The summed E-state index contributed by atoms with van der Waals surface area (Å²) in [7, 11) is 0. The Morgan fingerprint density at radius 2 is 1.26 bits per heavy atom. The Hall–Kier alpha value is -1.42. The number of nitrogens with one attached hydrogen (secondary N) is 1. The van der Waals surface area contributed by atoms with Crippen LogP contribution < -0.4 is 5.32 Å². The van der Waals surface area contributed by atoms with Gasteiger partial charge in [-0.25, -0.2) is 4.79 Å². The lowest BCUT2D eigenvalue weighted by Crippen LogP contribution is -2.33. The summed E-state index contributed by atoms with van der Waals surface area (Å²) >= 11 is 0. The Kier molecular flexibility index (Phi) is 15.9. The molecule has 0 saturated carbocycles. The molecular weight excluding hydrogens is 358 g/mol. The van der Waals surface area contributed by atoms with Gasteiger partial charge in [-0.3, -0.25) is 4.79 Å². The highest BCUT2D eigenvalue weighted by Crippen LogP contribution is 2.06. The van der Waals surface area contributed by atoms with Crippen molar-refractivity contribution >= 4 is 12.1 Å². The van der Waals surface area contributed by atoms with Crippen LogP contribution >= 0.6 is 0 Å². The molecule has 1 amide bonds. The molecule has 160 valence electrons. The molecule has 0 bridgehead atoms. The molecule has 0 aliphatic rings. The van der Waals surface area contributed by atoms with Gasteiger partial charge in [-0.05, 0) is 33.6 Å². The number of carbonyl (C=O) groups is 2. The minimum atomic E-state index is -0.871. The third-order valence-corrected chi connectivity index (χ3v) is 2.96. The van der Waals surface area contributed by atoms with E-state index in [0.29, 0.717) is 52.8 Å². The van der Waals surface area contributed by atoms with E-state index in [2.05, 4.69) is 5.32 Å². The van der Waals surface area contributed by atoms with E-state index in [4.69, 9.17) is 28.8 Å². The van der Waals surface area contributed by atoms with Crippen LogP contribution in [-0.2, 0) is 28.5 Å². The van der Waals surface area contributed by atoms with E-state index >= 15 is 0 Å². The van der Waals surface area contributed by atoms with Crippen LogP contribution in [0.25, 0.3) is 0 Å². The van der Waals surface area contributed by atoms with Crippen molar-refractivity contribution in [3.8, 4) is 0 Å². The number of amides is 1. The van der Waals surface area contributed by atoms with Crippen molar-refractivity contribution in [2.24, 2.45) is 0 Å². The van der Waals surface area contributed by atoms with E-state index in [1.165, 1.54) is 0 Å². The highest BCUT2D eigenvalue weighted by molar-refractivity contribution is 5.67. The second-order valence-electron chi connectivity index (χ2n) is 6.73. The predicted octanol–water partition coefficient (Wildman–Crippen LogP) is 1.83. The molecule has 9 nitrogen and oxygen atoms in total. The normalized spacial score (nSPS) is 11.4. The van der Waals surface area contributed by atoms with E-state index in [1.54, 1.807) is 0 Å². The van der Waals surface area contributed by atoms with Gasteiger partial charge in [0.15, 0.2) is 0 Å². The van der Waals surface area contributed by atoms with Crippen LogP contribution in [0.2, 0.25) is 0 Å². The van der Waals surface area contributed by atoms with Crippen molar-refractivity contribution in [2.75, 3.05) is 59.4 Å². The van der Waals surface area contributed by atoms with E-state index in [1.807, 2.05) is 20.8 Å². The number of ether oxygens (including phenoxy) is 5. The summed E-state index contributed by atoms with van der Waals surface area (Å²) in [5.41, 5.74) is -0.478. The lowest BCUT2D eigenvalue weighted by molar-refractivity contribution is -0.138. The fraction of sp³-hybridized carbons (Fsp3) is 0.889. The van der Waals surface area contributed by atoms with E-state index in [9.17, 15) is 9.59 Å². The zero-order valence-electron chi connectivity index (χ0n) is 16.8. The monoisotopic (exact) mass is 393 g/mol. The number of carbonyl (C=O) groups excluding carboxylic acids is 1. The molecule has 27 heavy (non-hydrogen) atoms. The fourth-order valence-electron chi connectivity index (χ4n) is 1.76. The minimum absolute atomic E-state index is 0.00334. The number of hydrogen-bond acceptors (Lipinski definition) is 7. The number of aliphatic carboxylic acids is 1. The lowest BCUT2D eigenvalue weighted by Gasteiger charge is -2.19. The fourth-order valence-corrected chi connectivity index (χ4v) is 1.76. The number of carboxylic acids is 1. The third-order valence-electron chi connectivity index (χ3n) is 2.96. The van der Waals surface area contributed by atoms with Crippen molar-refractivity contribution in [1.29, 1.82) is 0 Å². The molecule has 0 saturated heterocycles. The molecule has 0 heterocycles. The first-order valence-electron chi connectivity index (χ1n) is 9.31. The molecule has 0 aromatic rings. The second kappa shape index (κ2) is 16.7. The standard InChI is InChI=1S/C18H35NO8/c1-18(2,3)27-17(22)19-7-4-5-8-23-10-12-25-14-15-26-13-11-24-9-6-16(20)21/h4-15H2,1-3H3,(H,19,22)(H,20,21). The largest absolute Gasteiger partial charge is 0.481 e. The third kappa shape index (κ3) is 22.5. The molecule has 0 aromatic heterocycles. The number of carboxylic acid groups (broad SMARTS) is 1. The molecule has 0 aliphatic heterocycles. The molecule has 0 atom stereocenters. The summed E-state index contributed by atoms with van der Waals surface area (Å²) in [6, 6.07) is 0. The first kappa shape index (κ1) is 25.6. The molecular formula is C18H35NO8. The summed E-state index contributed by atoms with van der Waals surface area (Å²) in [6.07, 6.45) is 1.28. The summed E-state index contributed by atoms with van der Waals surface area (Å²) < 4.78 is 26.3. The van der Waals surface area contributed by atoms with Gasteiger partial charge in [-0.1, -0.05) is 0 Å². The maximum atomic E-state index is 11.4. The highest BCUT2D eigenvalue weighted by Gasteiger charge is 2.15. The molecule has 2 N–H and O–H groups in total. The Labute approximate surface area is 161 Å². The molecule has 0 unspecified atom stereocenters. The van der Waals surface area contributed by atoms with Crippen molar-refractivity contribution in [1.82, 2.24) is 5.32 Å². The van der Waals surface area contributed by atoms with Crippen molar-refractivity contribution in [3.05, 3.63) is 0 Å². The summed E-state index contributed by atoms with van der Waals surface area (Å²) in [4.78, 5) is 21.7. The van der Waals surface area contributed by atoms with Gasteiger partial charge in [0.25, 0.3) is 0 Å². The zero-order chi connectivity index (χ0) is 20.4. The van der Waals surface area contributed by atoms with Crippen molar-refractivity contribution in [2.45, 2.75) is 45.6 Å². The van der Waals surface area contributed by atoms with Crippen LogP contribution in [0.3, 0.4) is 0 Å². The SMILES string of the molecule is CC(C)(C)OC(=O)NCCCCOCCOCCOCCOCCC(=O)O. The van der Waals surface area contributed by atoms with Crippen molar-refractivity contribution < 1.29 is 38.4 Å². The Morgan fingerprint density at radius 1 is 0.778 bits per heavy atom. The van der Waals surface area contributed by atoms with Gasteiger partial charge in [-0.15, -0.1) is 0 Å². The smallest absolute Gasteiger partial charge is 0.407 e. The quantitative estimate of drug-likeness (QED) is 0.360. The summed E-state index contributed by atoms with van der Waals surface area (Å²) in [5.74, 6) is -0.871. The van der Waals surface area contributed by atoms with Crippen LogP contribution in [-0.4, -0.2) is 82.2 Å². The van der Waals surface area contributed by atoms with Gasteiger partial charge >= 0.3 is 12.1 Å². The van der Waals surface area contributed by atoms with E-state index in [0.717, 1.165) is 12.8 Å². The van der Waals surface area contributed by atoms with Gasteiger partial charge < -0.3 is 34.1 Å². The average Bonchev–Trinajstić information content (AvgIpc) is 2.55. The van der Waals surface area contributed by atoms with Crippen molar-refractivity contribution in [3.63, 3.8) is 0 Å². The van der Waals surface area contributed by atoms with E-state index < -0.39 is 17.7 Å². The van der Waals surface area contributed by atoms with Gasteiger partial charge in [0, 0.05) is 13.2 Å². The molecule has 0 spiro atoms. The molecule has 0 rings (SSSR count). The second-order valence-corrected chi connectivity index (χ2v) is 6.73. The zero-order valence-corrected chi connectivity index (χ0v) is 16.8. The van der Waals surface area contributed by atoms with E-state index in [-0.39, 0.29) is 13.0 Å². The van der Waals surface area contributed by atoms with Crippen LogP contribution in [0.4, 0.5) is 4.79 Å². The van der Waals surface area contributed by atoms with Crippen LogP contribution in [0.5, 0.6) is 0 Å². The first-order valence-corrected chi connectivity index (χ1v) is 9.31. The van der Waals surface area contributed by atoms with Gasteiger partial charge in [-0.2, -0.15) is 0 Å². The summed E-state index contributed by atoms with van der Waals surface area (Å²) in [6.45, 7) is 9.58.